The Kier molecular flexibility index (Phi) is 6.02. The highest BCUT2D eigenvalue weighted by atomic mass is 15.2. The van der Waals surface area contributed by atoms with Gasteiger partial charge in [-0.15, -0.1) is 0 Å². The first kappa shape index (κ1) is 15.5. The van der Waals surface area contributed by atoms with E-state index in [1.165, 1.54) is 18.7 Å². The molecule has 1 heterocycles. The van der Waals surface area contributed by atoms with Gasteiger partial charge in [0.05, 0.1) is 0 Å². The molecule has 0 aromatic heterocycles. The van der Waals surface area contributed by atoms with Gasteiger partial charge in [0.2, 0.25) is 0 Å². The van der Waals surface area contributed by atoms with Gasteiger partial charge in [0.15, 0.2) is 0 Å². The van der Waals surface area contributed by atoms with Crippen molar-refractivity contribution in [2.75, 3.05) is 26.2 Å². The van der Waals surface area contributed by atoms with Crippen LogP contribution in [0.4, 0.5) is 0 Å². The number of nitrogens with two attached hydrogens (primary N) is 1. The molecule has 0 radical (unpaired) electrons. The summed E-state index contributed by atoms with van der Waals surface area (Å²) in [6.07, 6.45) is 2.31. The van der Waals surface area contributed by atoms with Crippen LogP contribution < -0.4 is 5.73 Å². The summed E-state index contributed by atoms with van der Waals surface area (Å²) < 4.78 is 0. The average molecular weight is 275 g/mol. The van der Waals surface area contributed by atoms with E-state index in [1.807, 2.05) is 0 Å². The van der Waals surface area contributed by atoms with Gasteiger partial charge in [0, 0.05) is 31.7 Å². The van der Waals surface area contributed by atoms with Crippen LogP contribution in [0.2, 0.25) is 0 Å². The molecule has 0 bridgehead atoms. The van der Waals surface area contributed by atoms with Crippen molar-refractivity contribution in [2.45, 2.75) is 45.3 Å². The van der Waals surface area contributed by atoms with E-state index in [2.05, 4.69) is 54.0 Å². The zero-order chi connectivity index (χ0) is 14.4. The van der Waals surface area contributed by atoms with Crippen LogP contribution in [0, 0.1) is 0 Å². The smallest absolute Gasteiger partial charge is 0.0236 e. The number of likely N-dealkylation sites (tertiary alicyclic amines) is 1. The number of hydrogen-bond donors (Lipinski definition) is 1. The number of nitrogens with zero attached hydrogens (tertiary/aromatic N) is 2. The molecule has 2 N–H and O–H groups in total. The molecule has 2 rings (SSSR count). The third kappa shape index (κ3) is 4.89. The van der Waals surface area contributed by atoms with Crippen LogP contribution in [0.15, 0.2) is 30.3 Å². The minimum Gasteiger partial charge on any atom is -0.328 e. The van der Waals surface area contributed by atoms with Crippen LogP contribution in [0.1, 0.15) is 32.3 Å². The monoisotopic (exact) mass is 275 g/mol. The van der Waals surface area contributed by atoms with E-state index >= 15 is 0 Å². The maximum Gasteiger partial charge on any atom is 0.0236 e. The Bertz CT molecular complexity index is 369. The molecule has 3 nitrogen and oxygen atoms in total. The van der Waals surface area contributed by atoms with Crippen molar-refractivity contribution in [2.24, 2.45) is 5.73 Å². The third-order valence-electron chi connectivity index (χ3n) is 4.29. The normalized spacial score (nSPS) is 18.1. The summed E-state index contributed by atoms with van der Waals surface area (Å²) in [7, 11) is 0. The molecule has 0 atom stereocenters. The second kappa shape index (κ2) is 7.77. The van der Waals surface area contributed by atoms with E-state index in [1.54, 1.807) is 0 Å². The van der Waals surface area contributed by atoms with Crippen LogP contribution in [-0.2, 0) is 6.54 Å². The van der Waals surface area contributed by atoms with Crippen LogP contribution >= 0.6 is 0 Å². The molecule has 1 aromatic carbocycles. The van der Waals surface area contributed by atoms with Crippen molar-refractivity contribution < 1.29 is 0 Å². The lowest BCUT2D eigenvalue weighted by atomic mass is 10.1. The van der Waals surface area contributed by atoms with Gasteiger partial charge in [0.1, 0.15) is 0 Å². The highest BCUT2D eigenvalue weighted by molar-refractivity contribution is 5.14. The summed E-state index contributed by atoms with van der Waals surface area (Å²) in [4.78, 5) is 5.12. The summed E-state index contributed by atoms with van der Waals surface area (Å²) in [5.41, 5.74) is 7.37. The van der Waals surface area contributed by atoms with E-state index < -0.39 is 0 Å². The molecule has 1 fully saturated rings. The van der Waals surface area contributed by atoms with E-state index in [4.69, 9.17) is 5.73 Å². The quantitative estimate of drug-likeness (QED) is 0.865. The molecular weight excluding hydrogens is 246 g/mol. The maximum absolute atomic E-state index is 5.97. The number of benzene rings is 1. The molecular formula is C17H29N3. The lowest BCUT2D eigenvalue weighted by Gasteiger charge is -2.33. The highest BCUT2D eigenvalue weighted by Crippen LogP contribution is 2.11. The summed E-state index contributed by atoms with van der Waals surface area (Å²) in [5.74, 6) is 0. The van der Waals surface area contributed by atoms with E-state index in [0.717, 1.165) is 32.5 Å². The van der Waals surface area contributed by atoms with Gasteiger partial charge in [0.25, 0.3) is 0 Å². The molecule has 0 amide bonds. The van der Waals surface area contributed by atoms with Gasteiger partial charge in [-0.25, -0.2) is 0 Å². The molecule has 20 heavy (non-hydrogen) atoms. The van der Waals surface area contributed by atoms with Crippen molar-refractivity contribution >= 4 is 0 Å². The Morgan fingerprint density at radius 2 is 1.85 bits per heavy atom. The Morgan fingerprint density at radius 1 is 1.20 bits per heavy atom. The first-order valence-corrected chi connectivity index (χ1v) is 7.91. The van der Waals surface area contributed by atoms with Gasteiger partial charge in [-0.2, -0.15) is 0 Å². The standard InChI is InChI=1S/C17H29N3/c1-15(2)20(14-16-6-4-3-5-7-16)13-12-19-10-8-17(18)9-11-19/h3-7,15,17H,8-14,18H2,1-2H3. The fraction of sp³-hybridized carbons (Fsp3) is 0.647. The largest absolute Gasteiger partial charge is 0.328 e. The van der Waals surface area contributed by atoms with Crippen LogP contribution in [-0.4, -0.2) is 48.1 Å². The maximum atomic E-state index is 5.97. The number of rotatable bonds is 6. The molecule has 0 spiro atoms. The molecule has 1 aliphatic rings. The highest BCUT2D eigenvalue weighted by Gasteiger charge is 2.17. The molecule has 1 aromatic rings. The molecule has 0 aliphatic carbocycles. The van der Waals surface area contributed by atoms with E-state index in [9.17, 15) is 0 Å². The van der Waals surface area contributed by atoms with Gasteiger partial charge >= 0.3 is 0 Å². The first-order valence-electron chi connectivity index (χ1n) is 7.91. The number of piperidine rings is 1. The zero-order valence-corrected chi connectivity index (χ0v) is 13.0. The van der Waals surface area contributed by atoms with Gasteiger partial charge in [-0.05, 0) is 45.3 Å². The van der Waals surface area contributed by atoms with Gasteiger partial charge in [-0.1, -0.05) is 30.3 Å². The molecule has 1 saturated heterocycles. The van der Waals surface area contributed by atoms with E-state index in [0.29, 0.717) is 12.1 Å². The van der Waals surface area contributed by atoms with Crippen LogP contribution in [0.25, 0.3) is 0 Å². The minimum atomic E-state index is 0.428. The number of hydrogen-bond acceptors (Lipinski definition) is 3. The van der Waals surface area contributed by atoms with Crippen molar-refractivity contribution in [1.82, 2.24) is 9.80 Å². The fourth-order valence-electron chi connectivity index (χ4n) is 2.78. The summed E-state index contributed by atoms with van der Waals surface area (Å²) in [6.45, 7) is 10.3. The Balaban J connectivity index is 1.80. The first-order chi connectivity index (χ1) is 9.65. The molecule has 0 saturated carbocycles. The lowest BCUT2D eigenvalue weighted by molar-refractivity contribution is 0.150. The SMILES string of the molecule is CC(C)N(CCN1CCC(N)CC1)Cc1ccccc1. The second-order valence-electron chi connectivity index (χ2n) is 6.23. The van der Waals surface area contributed by atoms with Crippen LogP contribution in [0.5, 0.6) is 0 Å². The Hall–Kier alpha value is -0.900. The Labute approximate surface area is 123 Å². The summed E-state index contributed by atoms with van der Waals surface area (Å²) in [6, 6.07) is 11.8. The Morgan fingerprint density at radius 3 is 2.45 bits per heavy atom. The minimum absolute atomic E-state index is 0.428. The summed E-state index contributed by atoms with van der Waals surface area (Å²) >= 11 is 0. The summed E-state index contributed by atoms with van der Waals surface area (Å²) in [5, 5.41) is 0. The zero-order valence-electron chi connectivity index (χ0n) is 13.0. The lowest BCUT2D eigenvalue weighted by Crippen LogP contribution is -2.44. The fourth-order valence-corrected chi connectivity index (χ4v) is 2.78. The third-order valence-corrected chi connectivity index (χ3v) is 4.29. The van der Waals surface area contributed by atoms with Gasteiger partial charge < -0.3 is 10.6 Å². The molecule has 1 aliphatic heterocycles. The average Bonchev–Trinajstić information content (AvgIpc) is 2.46. The van der Waals surface area contributed by atoms with Gasteiger partial charge in [-0.3, -0.25) is 4.90 Å². The van der Waals surface area contributed by atoms with Crippen molar-refractivity contribution in [1.29, 1.82) is 0 Å². The van der Waals surface area contributed by atoms with Crippen molar-refractivity contribution in [3.63, 3.8) is 0 Å². The molecule has 0 unspecified atom stereocenters. The topological polar surface area (TPSA) is 32.5 Å². The van der Waals surface area contributed by atoms with Crippen molar-refractivity contribution in [3.05, 3.63) is 35.9 Å². The molecule has 112 valence electrons. The predicted molar refractivity (Wildman–Crippen MR) is 85.6 cm³/mol. The van der Waals surface area contributed by atoms with E-state index in [-0.39, 0.29) is 0 Å². The molecule has 3 heteroatoms. The second-order valence-corrected chi connectivity index (χ2v) is 6.23. The predicted octanol–water partition coefficient (Wildman–Crippen LogP) is 2.32. The van der Waals surface area contributed by atoms with Crippen molar-refractivity contribution in [3.8, 4) is 0 Å². The van der Waals surface area contributed by atoms with Crippen LogP contribution in [0.3, 0.4) is 0 Å².